The second kappa shape index (κ2) is 5.99. The third-order valence-corrected chi connectivity index (χ3v) is 4.27. The molecule has 1 atom stereocenters. The molecule has 1 saturated carbocycles. The molecule has 0 amide bonds. The van der Waals surface area contributed by atoms with Gasteiger partial charge in [-0.2, -0.15) is 0 Å². The molecule has 1 aliphatic carbocycles. The number of nitrogens with zero attached hydrogens (tertiary/aromatic N) is 2. The fourth-order valence-corrected chi connectivity index (χ4v) is 2.99. The lowest BCUT2D eigenvalue weighted by atomic mass is 10.1. The molecule has 1 heterocycles. The van der Waals surface area contributed by atoms with Gasteiger partial charge in [0.05, 0.1) is 0 Å². The third-order valence-electron chi connectivity index (χ3n) is 4.27. The highest BCUT2D eigenvalue weighted by Gasteiger charge is 2.22. The Kier molecular flexibility index (Phi) is 4.62. The van der Waals surface area contributed by atoms with Gasteiger partial charge in [0.15, 0.2) is 0 Å². The normalized spacial score (nSPS) is 30.0. The highest BCUT2D eigenvalue weighted by molar-refractivity contribution is 4.81. The van der Waals surface area contributed by atoms with Gasteiger partial charge in [0.2, 0.25) is 0 Å². The van der Waals surface area contributed by atoms with E-state index >= 15 is 0 Å². The first-order chi connectivity index (χ1) is 7.75. The second-order valence-corrected chi connectivity index (χ2v) is 5.71. The van der Waals surface area contributed by atoms with Crippen LogP contribution in [-0.4, -0.2) is 62.7 Å². The number of hydrogen-bond donors (Lipinski definition) is 1. The minimum Gasteiger partial charge on any atom is -0.315 e. The summed E-state index contributed by atoms with van der Waals surface area (Å²) in [7, 11) is 4.49. The molecule has 1 unspecified atom stereocenters. The van der Waals surface area contributed by atoms with E-state index in [0.717, 1.165) is 12.5 Å². The summed E-state index contributed by atoms with van der Waals surface area (Å²) in [5, 5.41) is 3.68. The smallest absolute Gasteiger partial charge is 0.0345 e. The first-order valence-corrected chi connectivity index (χ1v) is 6.85. The summed E-state index contributed by atoms with van der Waals surface area (Å²) in [6.45, 7) is 6.06. The predicted molar refractivity (Wildman–Crippen MR) is 68.7 cm³/mol. The number of hydrogen-bond acceptors (Lipinski definition) is 3. The molecule has 0 aromatic heterocycles. The molecule has 16 heavy (non-hydrogen) atoms. The first-order valence-electron chi connectivity index (χ1n) is 6.85. The molecular weight excluding hydrogens is 198 g/mol. The van der Waals surface area contributed by atoms with Crippen LogP contribution in [0.2, 0.25) is 0 Å². The minimum absolute atomic E-state index is 0.708. The molecule has 0 aromatic rings. The van der Waals surface area contributed by atoms with Gasteiger partial charge >= 0.3 is 0 Å². The Morgan fingerprint density at radius 1 is 1.06 bits per heavy atom. The highest BCUT2D eigenvalue weighted by Crippen LogP contribution is 2.23. The van der Waals surface area contributed by atoms with Crippen LogP contribution in [0.3, 0.4) is 0 Å². The zero-order valence-corrected chi connectivity index (χ0v) is 10.9. The molecule has 3 nitrogen and oxygen atoms in total. The van der Waals surface area contributed by atoms with Gasteiger partial charge in [-0.3, -0.25) is 4.90 Å². The van der Waals surface area contributed by atoms with Gasteiger partial charge in [-0.05, 0) is 39.4 Å². The summed E-state index contributed by atoms with van der Waals surface area (Å²) in [5.74, 6) is 0.964. The van der Waals surface area contributed by atoms with Crippen LogP contribution in [0.5, 0.6) is 0 Å². The van der Waals surface area contributed by atoms with Crippen LogP contribution in [0.1, 0.15) is 25.7 Å². The number of piperazine rings is 1. The van der Waals surface area contributed by atoms with Crippen molar-refractivity contribution in [3.8, 4) is 0 Å². The van der Waals surface area contributed by atoms with E-state index in [1.165, 1.54) is 51.9 Å². The summed E-state index contributed by atoms with van der Waals surface area (Å²) in [6, 6.07) is 0.708. The van der Waals surface area contributed by atoms with E-state index in [9.17, 15) is 0 Å². The fraction of sp³-hybridized carbons (Fsp3) is 1.00. The Labute approximate surface area is 100 Å². The molecule has 0 aromatic carbocycles. The number of nitrogens with one attached hydrogen (secondary N) is 1. The Hall–Kier alpha value is -0.120. The summed E-state index contributed by atoms with van der Waals surface area (Å²) in [6.07, 6.45) is 5.82. The van der Waals surface area contributed by atoms with E-state index in [1.54, 1.807) is 0 Å². The molecule has 1 saturated heterocycles. The third kappa shape index (κ3) is 3.44. The van der Waals surface area contributed by atoms with E-state index in [1.807, 2.05) is 0 Å². The number of rotatable bonds is 4. The molecule has 2 fully saturated rings. The van der Waals surface area contributed by atoms with Crippen molar-refractivity contribution in [1.29, 1.82) is 0 Å². The topological polar surface area (TPSA) is 18.5 Å². The quantitative estimate of drug-likeness (QED) is 0.770. The van der Waals surface area contributed by atoms with Crippen molar-refractivity contribution in [1.82, 2.24) is 15.1 Å². The van der Waals surface area contributed by atoms with Gasteiger partial charge < -0.3 is 10.2 Å². The molecule has 0 radical (unpaired) electrons. The van der Waals surface area contributed by atoms with Crippen LogP contribution in [0.4, 0.5) is 0 Å². The van der Waals surface area contributed by atoms with Crippen molar-refractivity contribution >= 4 is 0 Å². The van der Waals surface area contributed by atoms with Crippen molar-refractivity contribution in [3.05, 3.63) is 0 Å². The Morgan fingerprint density at radius 3 is 2.56 bits per heavy atom. The molecule has 94 valence electrons. The Morgan fingerprint density at radius 2 is 1.81 bits per heavy atom. The van der Waals surface area contributed by atoms with Crippen LogP contribution >= 0.6 is 0 Å². The number of likely N-dealkylation sites (N-methyl/N-ethyl adjacent to an activating group) is 2. The van der Waals surface area contributed by atoms with Gasteiger partial charge in [0.1, 0.15) is 0 Å². The Bertz CT molecular complexity index is 201. The summed E-state index contributed by atoms with van der Waals surface area (Å²) >= 11 is 0. The molecule has 0 spiro atoms. The second-order valence-electron chi connectivity index (χ2n) is 5.71. The largest absolute Gasteiger partial charge is 0.315 e. The monoisotopic (exact) mass is 225 g/mol. The van der Waals surface area contributed by atoms with Gasteiger partial charge in [-0.1, -0.05) is 12.8 Å². The highest BCUT2D eigenvalue weighted by atomic mass is 15.3. The van der Waals surface area contributed by atoms with Crippen LogP contribution in [0, 0.1) is 5.92 Å². The van der Waals surface area contributed by atoms with Gasteiger partial charge in [0, 0.05) is 32.2 Å². The average molecular weight is 225 g/mol. The van der Waals surface area contributed by atoms with E-state index in [4.69, 9.17) is 0 Å². The molecule has 2 aliphatic rings. The average Bonchev–Trinajstić information content (AvgIpc) is 2.76. The van der Waals surface area contributed by atoms with Gasteiger partial charge in [-0.15, -0.1) is 0 Å². The maximum Gasteiger partial charge on any atom is 0.0345 e. The van der Waals surface area contributed by atoms with Crippen molar-refractivity contribution < 1.29 is 0 Å². The van der Waals surface area contributed by atoms with E-state index in [2.05, 4.69) is 29.2 Å². The van der Waals surface area contributed by atoms with Gasteiger partial charge in [-0.25, -0.2) is 0 Å². The standard InChI is InChI=1S/C13H27N3/c1-15-7-8-16(2)13(11-15)10-14-9-12-5-3-4-6-12/h12-14H,3-11H2,1-2H3. The lowest BCUT2D eigenvalue weighted by Crippen LogP contribution is -2.54. The van der Waals surface area contributed by atoms with E-state index in [-0.39, 0.29) is 0 Å². The van der Waals surface area contributed by atoms with Crippen LogP contribution in [0.25, 0.3) is 0 Å². The van der Waals surface area contributed by atoms with Gasteiger partial charge in [0.25, 0.3) is 0 Å². The molecule has 0 bridgehead atoms. The summed E-state index contributed by atoms with van der Waals surface area (Å²) in [4.78, 5) is 4.95. The van der Waals surface area contributed by atoms with Crippen molar-refractivity contribution in [2.45, 2.75) is 31.7 Å². The van der Waals surface area contributed by atoms with E-state index < -0.39 is 0 Å². The lowest BCUT2D eigenvalue weighted by Gasteiger charge is -2.38. The zero-order chi connectivity index (χ0) is 11.4. The molecular formula is C13H27N3. The SMILES string of the molecule is CN1CCN(C)C(CNCC2CCCC2)C1. The first kappa shape index (κ1) is 12.3. The molecule has 1 N–H and O–H groups in total. The predicted octanol–water partition coefficient (Wildman–Crippen LogP) is 1.01. The van der Waals surface area contributed by atoms with Crippen molar-refractivity contribution in [3.63, 3.8) is 0 Å². The molecule has 1 aliphatic heterocycles. The van der Waals surface area contributed by atoms with E-state index in [0.29, 0.717) is 6.04 Å². The maximum atomic E-state index is 3.68. The minimum atomic E-state index is 0.708. The fourth-order valence-electron chi connectivity index (χ4n) is 2.99. The van der Waals surface area contributed by atoms with Crippen molar-refractivity contribution in [2.24, 2.45) is 5.92 Å². The maximum absolute atomic E-state index is 3.68. The Balaban J connectivity index is 1.63. The molecule has 2 rings (SSSR count). The molecule has 3 heteroatoms. The zero-order valence-electron chi connectivity index (χ0n) is 10.9. The van der Waals surface area contributed by atoms with Crippen LogP contribution < -0.4 is 5.32 Å². The summed E-state index contributed by atoms with van der Waals surface area (Å²) in [5.41, 5.74) is 0. The lowest BCUT2D eigenvalue weighted by molar-refractivity contribution is 0.113. The summed E-state index contributed by atoms with van der Waals surface area (Å²) < 4.78 is 0. The van der Waals surface area contributed by atoms with Crippen LogP contribution in [0.15, 0.2) is 0 Å². The van der Waals surface area contributed by atoms with Crippen molar-refractivity contribution in [2.75, 3.05) is 46.8 Å². The van der Waals surface area contributed by atoms with Crippen LogP contribution in [-0.2, 0) is 0 Å².